The van der Waals surface area contributed by atoms with Crippen LogP contribution in [0.1, 0.15) is 37.2 Å². The summed E-state index contributed by atoms with van der Waals surface area (Å²) in [4.78, 5) is 11.2. The van der Waals surface area contributed by atoms with Crippen molar-refractivity contribution in [1.29, 1.82) is 0 Å². The van der Waals surface area contributed by atoms with E-state index in [1.165, 1.54) is 0 Å². The molecule has 1 unspecified atom stereocenters. The zero-order chi connectivity index (χ0) is 12.7. The molecule has 0 aliphatic heterocycles. The van der Waals surface area contributed by atoms with Gasteiger partial charge in [0.1, 0.15) is 0 Å². The zero-order valence-electron chi connectivity index (χ0n) is 9.53. The molecule has 2 nitrogen and oxygen atoms in total. The first kappa shape index (κ1) is 14.8. The van der Waals surface area contributed by atoms with Crippen LogP contribution >= 0.6 is 34.2 Å². The Kier molecular flexibility index (Phi) is 6.89. The van der Waals surface area contributed by atoms with Crippen LogP contribution in [-0.4, -0.2) is 17.0 Å². The maximum atomic E-state index is 11.2. The van der Waals surface area contributed by atoms with Crippen molar-refractivity contribution in [3.05, 3.63) is 33.4 Å². The Hall–Kier alpha value is -0.290. The van der Waals surface area contributed by atoms with Gasteiger partial charge in [-0.15, -0.1) is 11.6 Å². The third-order valence-electron chi connectivity index (χ3n) is 2.68. The number of unbranched alkanes of at least 4 members (excludes halogenated alkanes) is 2. The summed E-state index contributed by atoms with van der Waals surface area (Å²) in [5, 5.41) is 9.25. The second-order valence-corrected chi connectivity index (χ2v) is 5.61. The first-order valence-electron chi connectivity index (χ1n) is 5.69. The Morgan fingerprint density at radius 1 is 1.35 bits per heavy atom. The van der Waals surface area contributed by atoms with Gasteiger partial charge in [-0.3, -0.25) is 4.79 Å². The Morgan fingerprint density at radius 2 is 2.12 bits per heavy atom. The van der Waals surface area contributed by atoms with Crippen LogP contribution in [0.2, 0.25) is 0 Å². The molecule has 0 saturated heterocycles. The Bertz CT molecular complexity index is 368. The topological polar surface area (TPSA) is 37.3 Å². The summed E-state index contributed by atoms with van der Waals surface area (Å²) in [7, 11) is 0. The van der Waals surface area contributed by atoms with Gasteiger partial charge in [-0.05, 0) is 53.1 Å². The van der Waals surface area contributed by atoms with E-state index in [-0.39, 0.29) is 5.92 Å². The van der Waals surface area contributed by atoms with Crippen LogP contribution < -0.4 is 0 Å². The summed E-state index contributed by atoms with van der Waals surface area (Å²) in [6.45, 7) is 0. The lowest BCUT2D eigenvalue weighted by Gasteiger charge is -2.12. The molecular weight excluding hydrogens is 350 g/mol. The molecule has 0 radical (unpaired) electrons. The van der Waals surface area contributed by atoms with E-state index in [0.717, 1.165) is 28.4 Å². The van der Waals surface area contributed by atoms with Crippen LogP contribution in [0.5, 0.6) is 0 Å². The van der Waals surface area contributed by atoms with E-state index in [0.29, 0.717) is 12.3 Å². The number of carboxylic acid groups (broad SMARTS) is 1. The van der Waals surface area contributed by atoms with E-state index in [9.17, 15) is 9.90 Å². The van der Waals surface area contributed by atoms with Crippen LogP contribution in [0.4, 0.5) is 0 Å². The number of aliphatic carboxylic acids is 1. The van der Waals surface area contributed by atoms with Gasteiger partial charge in [0.2, 0.25) is 0 Å². The van der Waals surface area contributed by atoms with Gasteiger partial charge in [0.05, 0.1) is 5.92 Å². The molecule has 1 aromatic rings. The predicted molar refractivity (Wildman–Crippen MR) is 78.7 cm³/mol. The lowest BCUT2D eigenvalue weighted by Crippen LogP contribution is -2.11. The van der Waals surface area contributed by atoms with Crippen LogP contribution in [0, 0.1) is 3.57 Å². The molecule has 0 spiro atoms. The number of hydrogen-bond acceptors (Lipinski definition) is 1. The lowest BCUT2D eigenvalue weighted by molar-refractivity contribution is -0.139. The summed E-state index contributed by atoms with van der Waals surface area (Å²) in [6.07, 6.45) is 3.55. The third-order valence-corrected chi connectivity index (χ3v) is 3.61. The minimum Gasteiger partial charge on any atom is -0.481 e. The van der Waals surface area contributed by atoms with Crippen molar-refractivity contribution in [3.63, 3.8) is 0 Å². The van der Waals surface area contributed by atoms with E-state index in [1.54, 1.807) is 0 Å². The molecule has 0 fully saturated rings. The third kappa shape index (κ3) is 5.25. The van der Waals surface area contributed by atoms with Gasteiger partial charge in [0, 0.05) is 9.45 Å². The predicted octanol–water partition coefficient (Wildman–Crippen LogP) is 4.26. The summed E-state index contributed by atoms with van der Waals surface area (Å²) >= 11 is 7.80. The molecule has 0 saturated carbocycles. The number of carbonyl (C=O) groups is 1. The van der Waals surface area contributed by atoms with Crippen molar-refractivity contribution < 1.29 is 9.90 Å². The zero-order valence-corrected chi connectivity index (χ0v) is 12.4. The molecule has 94 valence electrons. The number of rotatable bonds is 7. The van der Waals surface area contributed by atoms with Gasteiger partial charge in [-0.2, -0.15) is 0 Å². The number of hydrogen-bond donors (Lipinski definition) is 1. The second kappa shape index (κ2) is 7.93. The van der Waals surface area contributed by atoms with Crippen molar-refractivity contribution in [1.82, 2.24) is 0 Å². The molecule has 17 heavy (non-hydrogen) atoms. The van der Waals surface area contributed by atoms with Gasteiger partial charge in [-0.1, -0.05) is 25.0 Å². The van der Waals surface area contributed by atoms with Crippen molar-refractivity contribution >= 4 is 40.2 Å². The molecule has 0 aliphatic rings. The average Bonchev–Trinajstić information content (AvgIpc) is 2.28. The van der Waals surface area contributed by atoms with Crippen LogP contribution in [0.15, 0.2) is 24.3 Å². The van der Waals surface area contributed by atoms with Crippen molar-refractivity contribution in [2.75, 3.05) is 5.88 Å². The highest BCUT2D eigenvalue weighted by Gasteiger charge is 2.19. The number of benzene rings is 1. The summed E-state index contributed by atoms with van der Waals surface area (Å²) in [6, 6.07) is 7.71. The fourth-order valence-corrected chi connectivity index (χ4v) is 2.53. The minimum atomic E-state index is -0.738. The van der Waals surface area contributed by atoms with Crippen molar-refractivity contribution in [2.45, 2.75) is 31.6 Å². The summed E-state index contributed by atoms with van der Waals surface area (Å²) in [5.41, 5.74) is 0.898. The molecule has 0 amide bonds. The largest absolute Gasteiger partial charge is 0.481 e. The number of alkyl halides is 1. The number of carboxylic acids is 1. The van der Waals surface area contributed by atoms with Gasteiger partial charge in [0.25, 0.3) is 0 Å². The summed E-state index contributed by atoms with van der Waals surface area (Å²) < 4.78 is 1.08. The molecule has 0 aromatic heterocycles. The molecule has 1 rings (SSSR count). The monoisotopic (exact) mass is 366 g/mol. The van der Waals surface area contributed by atoms with Crippen LogP contribution in [-0.2, 0) is 4.79 Å². The van der Waals surface area contributed by atoms with Gasteiger partial charge >= 0.3 is 5.97 Å². The molecule has 4 heteroatoms. The van der Waals surface area contributed by atoms with Crippen molar-refractivity contribution in [2.24, 2.45) is 0 Å². The Morgan fingerprint density at radius 3 is 2.71 bits per heavy atom. The van der Waals surface area contributed by atoms with E-state index >= 15 is 0 Å². The highest BCUT2D eigenvalue weighted by molar-refractivity contribution is 14.1. The smallest absolute Gasteiger partial charge is 0.310 e. The molecular formula is C13H16ClIO2. The van der Waals surface area contributed by atoms with Gasteiger partial charge in [-0.25, -0.2) is 0 Å². The SMILES string of the molecule is O=C(O)C(CCCCCCl)c1cccc(I)c1. The van der Waals surface area contributed by atoms with E-state index in [4.69, 9.17) is 11.6 Å². The molecule has 1 aromatic carbocycles. The van der Waals surface area contributed by atoms with E-state index in [1.807, 2.05) is 24.3 Å². The van der Waals surface area contributed by atoms with Crippen molar-refractivity contribution in [3.8, 4) is 0 Å². The van der Waals surface area contributed by atoms with Gasteiger partial charge in [0.15, 0.2) is 0 Å². The lowest BCUT2D eigenvalue weighted by atomic mass is 9.93. The number of halogens is 2. The maximum absolute atomic E-state index is 11.2. The minimum absolute atomic E-state index is 0.389. The van der Waals surface area contributed by atoms with E-state index in [2.05, 4.69) is 22.6 Å². The first-order chi connectivity index (χ1) is 8.15. The standard InChI is InChI=1S/C13H16ClIO2/c14-8-3-1-2-7-12(13(16)17)10-5-4-6-11(15)9-10/h4-6,9,12H,1-3,7-8H2,(H,16,17). The molecule has 0 bridgehead atoms. The highest BCUT2D eigenvalue weighted by Crippen LogP contribution is 2.24. The fraction of sp³-hybridized carbons (Fsp3) is 0.462. The van der Waals surface area contributed by atoms with E-state index < -0.39 is 5.97 Å². The molecule has 0 aliphatic carbocycles. The molecule has 0 heterocycles. The Balaban J connectivity index is 2.63. The summed E-state index contributed by atoms with van der Waals surface area (Å²) in [5.74, 6) is -0.473. The molecule has 1 N–H and O–H groups in total. The normalized spacial score (nSPS) is 12.4. The first-order valence-corrected chi connectivity index (χ1v) is 7.30. The molecule has 1 atom stereocenters. The highest BCUT2D eigenvalue weighted by atomic mass is 127. The second-order valence-electron chi connectivity index (χ2n) is 3.98. The van der Waals surface area contributed by atoms with Crippen LogP contribution in [0.25, 0.3) is 0 Å². The fourth-order valence-electron chi connectivity index (χ4n) is 1.78. The maximum Gasteiger partial charge on any atom is 0.310 e. The van der Waals surface area contributed by atoms with Gasteiger partial charge < -0.3 is 5.11 Å². The van der Waals surface area contributed by atoms with Crippen LogP contribution in [0.3, 0.4) is 0 Å². The Labute approximate surface area is 121 Å². The quantitative estimate of drug-likeness (QED) is 0.445. The average molecular weight is 367 g/mol.